The van der Waals surface area contributed by atoms with Gasteiger partial charge in [-0.1, -0.05) is 36.4 Å². The maximum Gasteiger partial charge on any atom is 0.172 e. The summed E-state index contributed by atoms with van der Waals surface area (Å²) in [5, 5.41) is 0. The molecule has 0 bridgehead atoms. The SMILES string of the molecule is CCOCC1(C)c2ccccc2N2CCOC21C=Cc1ccc(N(C)C)cc1. The van der Waals surface area contributed by atoms with Crippen molar-refractivity contribution in [3.8, 4) is 0 Å². The van der Waals surface area contributed by atoms with E-state index in [1.165, 1.54) is 22.5 Å². The molecule has 4 nitrogen and oxygen atoms in total. The predicted octanol–water partition coefficient (Wildman–Crippen LogP) is 4.31. The monoisotopic (exact) mass is 378 g/mol. The third kappa shape index (κ3) is 2.83. The van der Waals surface area contributed by atoms with Crippen LogP contribution in [0.3, 0.4) is 0 Å². The van der Waals surface area contributed by atoms with Crippen molar-refractivity contribution in [1.82, 2.24) is 0 Å². The molecule has 2 aliphatic heterocycles. The summed E-state index contributed by atoms with van der Waals surface area (Å²) in [7, 11) is 4.12. The molecule has 2 heterocycles. The topological polar surface area (TPSA) is 24.9 Å². The van der Waals surface area contributed by atoms with Crippen molar-refractivity contribution in [2.45, 2.75) is 25.0 Å². The number of hydrogen-bond donors (Lipinski definition) is 0. The highest BCUT2D eigenvalue weighted by Gasteiger charge is 2.61. The second-order valence-corrected chi connectivity index (χ2v) is 8.00. The zero-order valence-corrected chi connectivity index (χ0v) is 17.3. The fraction of sp³-hybridized carbons (Fsp3) is 0.417. The first-order chi connectivity index (χ1) is 13.5. The number of ether oxygens (including phenoxy) is 2. The summed E-state index contributed by atoms with van der Waals surface area (Å²) in [5.41, 5.74) is 4.14. The molecule has 0 aliphatic carbocycles. The molecule has 1 saturated heterocycles. The summed E-state index contributed by atoms with van der Waals surface area (Å²) in [6.45, 7) is 7.26. The Labute approximate surface area is 168 Å². The van der Waals surface area contributed by atoms with Gasteiger partial charge >= 0.3 is 0 Å². The highest BCUT2D eigenvalue weighted by Crippen LogP contribution is 2.55. The Morgan fingerprint density at radius 1 is 1.14 bits per heavy atom. The van der Waals surface area contributed by atoms with E-state index < -0.39 is 5.72 Å². The first-order valence-electron chi connectivity index (χ1n) is 10.1. The number of para-hydroxylation sites is 1. The minimum absolute atomic E-state index is 0.268. The van der Waals surface area contributed by atoms with Gasteiger partial charge in [0.05, 0.1) is 18.6 Å². The summed E-state index contributed by atoms with van der Waals surface area (Å²) in [5.74, 6) is 0. The van der Waals surface area contributed by atoms with Crippen molar-refractivity contribution in [3.05, 3.63) is 65.7 Å². The smallest absolute Gasteiger partial charge is 0.172 e. The molecule has 2 aromatic carbocycles. The van der Waals surface area contributed by atoms with Crippen molar-refractivity contribution >= 4 is 17.5 Å². The molecule has 0 radical (unpaired) electrons. The molecule has 4 heteroatoms. The number of hydrogen-bond acceptors (Lipinski definition) is 4. The summed E-state index contributed by atoms with van der Waals surface area (Å²) >= 11 is 0. The summed E-state index contributed by atoms with van der Waals surface area (Å²) in [4.78, 5) is 4.52. The van der Waals surface area contributed by atoms with Crippen molar-refractivity contribution in [2.75, 3.05) is 50.3 Å². The van der Waals surface area contributed by atoms with E-state index >= 15 is 0 Å². The molecule has 2 aliphatic rings. The molecule has 1 fully saturated rings. The second-order valence-electron chi connectivity index (χ2n) is 8.00. The highest BCUT2D eigenvalue weighted by molar-refractivity contribution is 5.70. The van der Waals surface area contributed by atoms with Gasteiger partial charge in [-0.05, 0) is 49.2 Å². The number of benzene rings is 2. The first-order valence-corrected chi connectivity index (χ1v) is 10.1. The highest BCUT2D eigenvalue weighted by atomic mass is 16.5. The molecular weight excluding hydrogens is 348 g/mol. The van der Waals surface area contributed by atoms with Gasteiger partial charge in [0.15, 0.2) is 5.72 Å². The van der Waals surface area contributed by atoms with Gasteiger partial charge in [0.1, 0.15) is 0 Å². The average Bonchev–Trinajstić information content (AvgIpc) is 3.23. The molecule has 2 unspecified atom stereocenters. The zero-order chi connectivity index (χ0) is 19.8. The molecule has 2 atom stereocenters. The van der Waals surface area contributed by atoms with Crippen molar-refractivity contribution < 1.29 is 9.47 Å². The van der Waals surface area contributed by atoms with Crippen LogP contribution in [0.2, 0.25) is 0 Å². The van der Waals surface area contributed by atoms with E-state index in [-0.39, 0.29) is 5.41 Å². The number of anilines is 2. The molecule has 4 rings (SSSR count). The fourth-order valence-corrected chi connectivity index (χ4v) is 4.56. The van der Waals surface area contributed by atoms with Gasteiger partial charge in [-0.15, -0.1) is 0 Å². The summed E-state index contributed by atoms with van der Waals surface area (Å²) in [6, 6.07) is 17.3. The maximum atomic E-state index is 6.49. The van der Waals surface area contributed by atoms with Gasteiger partial charge in [-0.25, -0.2) is 0 Å². The lowest BCUT2D eigenvalue weighted by molar-refractivity contribution is -0.0427. The van der Waals surface area contributed by atoms with E-state index in [0.29, 0.717) is 13.2 Å². The lowest BCUT2D eigenvalue weighted by Gasteiger charge is -2.42. The largest absolute Gasteiger partial charge is 0.381 e. The molecule has 0 saturated carbocycles. The molecule has 148 valence electrons. The van der Waals surface area contributed by atoms with Crippen LogP contribution in [0.15, 0.2) is 54.6 Å². The van der Waals surface area contributed by atoms with Crippen LogP contribution in [0.25, 0.3) is 6.08 Å². The minimum Gasteiger partial charge on any atom is -0.381 e. The van der Waals surface area contributed by atoms with E-state index in [1.54, 1.807) is 0 Å². The normalized spacial score (nSPS) is 25.9. The molecule has 0 spiro atoms. The zero-order valence-electron chi connectivity index (χ0n) is 17.3. The van der Waals surface area contributed by atoms with E-state index in [1.807, 2.05) is 6.92 Å². The Morgan fingerprint density at radius 2 is 1.89 bits per heavy atom. The van der Waals surface area contributed by atoms with Crippen LogP contribution in [0.5, 0.6) is 0 Å². The Balaban J connectivity index is 1.74. The average molecular weight is 379 g/mol. The maximum absolute atomic E-state index is 6.49. The lowest BCUT2D eigenvalue weighted by atomic mass is 9.76. The Morgan fingerprint density at radius 3 is 2.61 bits per heavy atom. The molecule has 0 amide bonds. The summed E-state index contributed by atoms with van der Waals surface area (Å²) < 4.78 is 12.5. The Kier molecular flexibility index (Phi) is 4.94. The van der Waals surface area contributed by atoms with E-state index in [4.69, 9.17) is 9.47 Å². The molecule has 2 aromatic rings. The van der Waals surface area contributed by atoms with E-state index in [2.05, 4.69) is 91.5 Å². The van der Waals surface area contributed by atoms with Crippen LogP contribution in [0.4, 0.5) is 11.4 Å². The molecule has 0 N–H and O–H groups in total. The van der Waals surface area contributed by atoms with Crippen LogP contribution < -0.4 is 9.80 Å². The van der Waals surface area contributed by atoms with Gasteiger partial charge in [0.2, 0.25) is 0 Å². The molecule has 0 aromatic heterocycles. The van der Waals surface area contributed by atoms with Gasteiger partial charge in [-0.2, -0.15) is 0 Å². The molecular formula is C24H30N2O2. The van der Waals surface area contributed by atoms with Gasteiger partial charge in [0, 0.05) is 38.6 Å². The Hall–Kier alpha value is -2.30. The second kappa shape index (κ2) is 7.26. The van der Waals surface area contributed by atoms with Crippen LogP contribution in [-0.4, -0.2) is 46.2 Å². The van der Waals surface area contributed by atoms with E-state index in [9.17, 15) is 0 Å². The van der Waals surface area contributed by atoms with Crippen molar-refractivity contribution in [2.24, 2.45) is 0 Å². The lowest BCUT2D eigenvalue weighted by Crippen LogP contribution is -2.55. The van der Waals surface area contributed by atoms with E-state index in [0.717, 1.165) is 13.2 Å². The minimum atomic E-state index is -0.522. The van der Waals surface area contributed by atoms with Crippen LogP contribution in [-0.2, 0) is 14.9 Å². The summed E-state index contributed by atoms with van der Waals surface area (Å²) in [6.07, 6.45) is 4.43. The third-order valence-corrected chi connectivity index (χ3v) is 6.12. The van der Waals surface area contributed by atoms with Gasteiger partial charge < -0.3 is 19.3 Å². The first kappa shape index (κ1) is 19.0. The van der Waals surface area contributed by atoms with Crippen LogP contribution in [0, 0.1) is 0 Å². The van der Waals surface area contributed by atoms with Crippen LogP contribution in [0.1, 0.15) is 25.0 Å². The number of rotatable bonds is 6. The molecule has 28 heavy (non-hydrogen) atoms. The van der Waals surface area contributed by atoms with Crippen LogP contribution >= 0.6 is 0 Å². The quantitative estimate of drug-likeness (QED) is 0.748. The standard InChI is InChI=1S/C24H30N2O2/c1-5-27-18-23(2)21-8-6-7-9-22(21)26-16-17-28-24(23,26)15-14-19-10-12-20(13-11-19)25(3)4/h6-15H,5,16-18H2,1-4H3. The van der Waals surface area contributed by atoms with Gasteiger partial charge in [-0.3, -0.25) is 0 Å². The van der Waals surface area contributed by atoms with Crippen molar-refractivity contribution in [1.29, 1.82) is 0 Å². The van der Waals surface area contributed by atoms with Crippen molar-refractivity contribution in [3.63, 3.8) is 0 Å². The fourth-order valence-electron chi connectivity index (χ4n) is 4.56. The predicted molar refractivity (Wildman–Crippen MR) is 116 cm³/mol. The van der Waals surface area contributed by atoms with Gasteiger partial charge in [0.25, 0.3) is 0 Å². The number of fused-ring (bicyclic) bond motifs is 3. The Bertz CT molecular complexity index is 861. The number of nitrogens with zero attached hydrogens (tertiary/aromatic N) is 2. The third-order valence-electron chi connectivity index (χ3n) is 6.12.